The van der Waals surface area contributed by atoms with Crippen LogP contribution in [0.25, 0.3) is 0 Å². The third kappa shape index (κ3) is 5.78. The van der Waals surface area contributed by atoms with Gasteiger partial charge in [-0.1, -0.05) is 5.16 Å². The van der Waals surface area contributed by atoms with E-state index in [2.05, 4.69) is 15.2 Å². The van der Waals surface area contributed by atoms with E-state index in [0.717, 1.165) is 16.4 Å². The Labute approximate surface area is 193 Å². The Bertz CT molecular complexity index is 1240. The Morgan fingerprint density at radius 1 is 1.06 bits per heavy atom. The topological polar surface area (TPSA) is 111 Å². The number of anilines is 2. The average Bonchev–Trinajstić information content (AvgIpc) is 3.11. The zero-order chi connectivity index (χ0) is 25.1. The molecule has 0 saturated heterocycles. The van der Waals surface area contributed by atoms with Crippen LogP contribution in [0.15, 0.2) is 57.9 Å². The molecule has 2 aromatic carbocycles. The summed E-state index contributed by atoms with van der Waals surface area (Å²) in [6.07, 6.45) is -4.85. The van der Waals surface area contributed by atoms with E-state index < -0.39 is 34.6 Å². The lowest BCUT2D eigenvalue weighted by molar-refractivity contribution is -0.274. The number of rotatable bonds is 8. The Kier molecular flexibility index (Phi) is 7.05. The molecule has 3 aromatic rings. The van der Waals surface area contributed by atoms with E-state index in [1.807, 2.05) is 0 Å². The Hall–Kier alpha value is -3.74. The van der Waals surface area contributed by atoms with Crippen LogP contribution in [0, 0.1) is 13.8 Å². The second-order valence-corrected chi connectivity index (χ2v) is 8.78. The number of hydrogen-bond donors (Lipinski definition) is 1. The van der Waals surface area contributed by atoms with E-state index >= 15 is 0 Å². The minimum atomic E-state index is -4.85. The first kappa shape index (κ1) is 24.9. The van der Waals surface area contributed by atoms with Crippen molar-refractivity contribution in [3.8, 4) is 11.5 Å². The highest BCUT2D eigenvalue weighted by atomic mass is 32.2. The zero-order valence-corrected chi connectivity index (χ0v) is 19.0. The number of ether oxygens (including phenoxy) is 2. The number of aromatic nitrogens is 1. The van der Waals surface area contributed by atoms with Gasteiger partial charge in [0.1, 0.15) is 23.7 Å². The molecule has 0 bridgehead atoms. The second-order valence-electron chi connectivity index (χ2n) is 6.98. The molecule has 0 unspecified atom stereocenters. The van der Waals surface area contributed by atoms with Gasteiger partial charge < -0.3 is 19.3 Å². The maximum atomic E-state index is 13.4. The van der Waals surface area contributed by atoms with Crippen molar-refractivity contribution >= 4 is 27.3 Å². The second kappa shape index (κ2) is 9.63. The molecule has 0 saturated carbocycles. The summed E-state index contributed by atoms with van der Waals surface area (Å²) < 4.78 is 78.6. The predicted octanol–water partition coefficient (Wildman–Crippen LogP) is 4.03. The van der Waals surface area contributed by atoms with E-state index in [0.29, 0.717) is 5.75 Å². The minimum Gasteiger partial charge on any atom is -0.497 e. The molecule has 9 nitrogen and oxygen atoms in total. The van der Waals surface area contributed by atoms with Crippen molar-refractivity contribution in [2.75, 3.05) is 23.3 Å². The number of halogens is 3. The number of methoxy groups -OCH3 is 1. The van der Waals surface area contributed by atoms with Crippen molar-refractivity contribution in [2.24, 2.45) is 0 Å². The lowest BCUT2D eigenvalue weighted by Crippen LogP contribution is -2.38. The van der Waals surface area contributed by atoms with Crippen LogP contribution < -0.4 is 19.1 Å². The summed E-state index contributed by atoms with van der Waals surface area (Å²) in [5.74, 6) is -0.678. The Morgan fingerprint density at radius 3 is 2.15 bits per heavy atom. The summed E-state index contributed by atoms with van der Waals surface area (Å²) in [4.78, 5) is 12.6. The van der Waals surface area contributed by atoms with Gasteiger partial charge in [-0.15, -0.1) is 13.2 Å². The Morgan fingerprint density at radius 2 is 1.65 bits per heavy atom. The van der Waals surface area contributed by atoms with Crippen LogP contribution in [0.3, 0.4) is 0 Å². The third-order valence-corrected chi connectivity index (χ3v) is 6.55. The highest BCUT2D eigenvalue weighted by molar-refractivity contribution is 7.93. The quantitative estimate of drug-likeness (QED) is 0.498. The monoisotopic (exact) mass is 499 g/mol. The van der Waals surface area contributed by atoms with Crippen molar-refractivity contribution in [2.45, 2.75) is 25.1 Å². The van der Waals surface area contributed by atoms with Gasteiger partial charge in [-0.3, -0.25) is 9.10 Å². The van der Waals surface area contributed by atoms with Crippen LogP contribution in [0.4, 0.5) is 24.5 Å². The molecule has 0 aliphatic heterocycles. The van der Waals surface area contributed by atoms with Gasteiger partial charge in [-0.05, 0) is 62.4 Å². The van der Waals surface area contributed by atoms with Crippen LogP contribution >= 0.6 is 0 Å². The Balaban J connectivity index is 1.87. The number of alkyl halides is 3. The summed E-state index contributed by atoms with van der Waals surface area (Å²) in [5.41, 5.74) is 0.436. The summed E-state index contributed by atoms with van der Waals surface area (Å²) >= 11 is 0. The lowest BCUT2D eigenvalue weighted by atomic mass is 10.3. The first-order valence-electron chi connectivity index (χ1n) is 9.66. The van der Waals surface area contributed by atoms with Crippen LogP contribution in [-0.4, -0.2) is 39.5 Å². The standard InChI is InChI=1S/C21H20F3N3O6S/c1-13-20(14(2)33-26-13)34(29,30)27(16-6-10-17(31-3)11-7-16)12-19(28)25-15-4-8-18(9-5-15)32-21(22,23)24/h4-11H,12H2,1-3H3,(H,25,28). The molecule has 0 spiro atoms. The molecule has 1 N–H and O–H groups in total. The summed E-state index contributed by atoms with van der Waals surface area (Å²) in [5, 5.41) is 6.13. The van der Waals surface area contributed by atoms with Gasteiger partial charge in [-0.25, -0.2) is 8.42 Å². The highest BCUT2D eigenvalue weighted by Gasteiger charge is 2.33. The number of carbonyl (C=O) groups excluding carboxylic acids is 1. The van der Waals surface area contributed by atoms with E-state index in [4.69, 9.17) is 9.26 Å². The molecular formula is C21H20F3N3O6S. The van der Waals surface area contributed by atoms with Crippen LogP contribution in [0.5, 0.6) is 11.5 Å². The maximum Gasteiger partial charge on any atom is 0.573 e. The van der Waals surface area contributed by atoms with E-state index in [9.17, 15) is 26.4 Å². The molecule has 1 aromatic heterocycles. The summed E-state index contributed by atoms with van der Waals surface area (Å²) in [6.45, 7) is 2.25. The number of sulfonamides is 1. The van der Waals surface area contributed by atoms with Crippen LogP contribution in [0.1, 0.15) is 11.5 Å². The molecule has 0 aliphatic carbocycles. The smallest absolute Gasteiger partial charge is 0.497 e. The lowest BCUT2D eigenvalue weighted by Gasteiger charge is -2.24. The van der Waals surface area contributed by atoms with Crippen molar-refractivity contribution in [3.05, 3.63) is 60.0 Å². The maximum absolute atomic E-state index is 13.4. The number of benzene rings is 2. The molecule has 0 radical (unpaired) electrons. The van der Waals surface area contributed by atoms with Crippen molar-refractivity contribution in [1.29, 1.82) is 0 Å². The summed E-state index contributed by atoms with van der Waals surface area (Å²) in [6, 6.07) is 10.4. The SMILES string of the molecule is COc1ccc(N(CC(=O)Nc2ccc(OC(F)(F)F)cc2)S(=O)(=O)c2c(C)noc2C)cc1. The predicted molar refractivity (Wildman–Crippen MR) is 115 cm³/mol. The van der Waals surface area contributed by atoms with Crippen molar-refractivity contribution < 1.29 is 40.4 Å². The molecule has 0 atom stereocenters. The highest BCUT2D eigenvalue weighted by Crippen LogP contribution is 2.29. The molecule has 13 heteroatoms. The number of carbonyl (C=O) groups is 1. The molecule has 1 heterocycles. The van der Waals surface area contributed by atoms with Crippen LogP contribution in [-0.2, 0) is 14.8 Å². The number of hydrogen-bond acceptors (Lipinski definition) is 7. The fraction of sp³-hybridized carbons (Fsp3) is 0.238. The van der Waals surface area contributed by atoms with Gasteiger partial charge in [0.25, 0.3) is 10.0 Å². The van der Waals surface area contributed by atoms with Gasteiger partial charge in [0.2, 0.25) is 5.91 Å². The van der Waals surface area contributed by atoms with E-state index in [1.54, 1.807) is 0 Å². The van der Waals surface area contributed by atoms with Gasteiger partial charge in [0.05, 0.1) is 12.8 Å². The molecular weight excluding hydrogens is 479 g/mol. The van der Waals surface area contributed by atoms with E-state index in [-0.39, 0.29) is 27.7 Å². The third-order valence-electron chi connectivity index (χ3n) is 4.54. The van der Waals surface area contributed by atoms with Gasteiger partial charge in [0, 0.05) is 5.69 Å². The number of nitrogens with one attached hydrogen (secondary N) is 1. The van der Waals surface area contributed by atoms with Crippen molar-refractivity contribution in [1.82, 2.24) is 5.16 Å². The van der Waals surface area contributed by atoms with E-state index in [1.165, 1.54) is 57.4 Å². The average molecular weight is 499 g/mol. The largest absolute Gasteiger partial charge is 0.573 e. The number of amides is 1. The van der Waals surface area contributed by atoms with Crippen molar-refractivity contribution in [3.63, 3.8) is 0 Å². The molecule has 34 heavy (non-hydrogen) atoms. The fourth-order valence-corrected chi connectivity index (χ4v) is 4.81. The van der Waals surface area contributed by atoms with Gasteiger partial charge in [0.15, 0.2) is 10.7 Å². The molecule has 0 aliphatic rings. The minimum absolute atomic E-state index is 0.0525. The normalized spacial score (nSPS) is 11.7. The van der Waals surface area contributed by atoms with Gasteiger partial charge >= 0.3 is 6.36 Å². The number of nitrogens with zero attached hydrogens (tertiary/aromatic N) is 2. The first-order valence-corrected chi connectivity index (χ1v) is 11.1. The number of aryl methyl sites for hydroxylation is 2. The fourth-order valence-electron chi connectivity index (χ4n) is 3.09. The summed E-state index contributed by atoms with van der Waals surface area (Å²) in [7, 11) is -2.83. The van der Waals surface area contributed by atoms with Gasteiger partial charge in [-0.2, -0.15) is 0 Å². The van der Waals surface area contributed by atoms with Crippen LogP contribution in [0.2, 0.25) is 0 Å². The molecule has 1 amide bonds. The first-order chi connectivity index (χ1) is 15.9. The zero-order valence-electron chi connectivity index (χ0n) is 18.2. The molecule has 182 valence electrons. The molecule has 0 fully saturated rings. The molecule has 3 rings (SSSR count).